The topological polar surface area (TPSA) is 52.3 Å². The molecule has 1 aliphatic rings. The maximum atomic E-state index is 11.5. The van der Waals surface area contributed by atoms with Crippen molar-refractivity contribution in [3.8, 4) is 5.75 Å². The highest BCUT2D eigenvalue weighted by molar-refractivity contribution is 6.35. The van der Waals surface area contributed by atoms with E-state index in [9.17, 15) is 4.79 Å². The van der Waals surface area contributed by atoms with Gasteiger partial charge < -0.3 is 10.5 Å². The van der Waals surface area contributed by atoms with Crippen molar-refractivity contribution < 1.29 is 9.53 Å². The molecule has 5 heteroatoms. The standard InChI is InChI=1S/C12H13Cl2NO2/c13-8-3-4-10(9(14)7-8)17-12(11(15)16)5-1-2-6-12/h3-4,7H,1-2,5-6H2,(H2,15,16). The third-order valence-corrected chi connectivity index (χ3v) is 3.59. The summed E-state index contributed by atoms with van der Waals surface area (Å²) in [6.45, 7) is 0. The monoisotopic (exact) mass is 273 g/mol. The van der Waals surface area contributed by atoms with E-state index in [1.165, 1.54) is 0 Å². The number of carbonyl (C=O) groups is 1. The molecule has 92 valence electrons. The molecule has 0 aliphatic heterocycles. The number of primary amides is 1. The fourth-order valence-electron chi connectivity index (χ4n) is 2.11. The summed E-state index contributed by atoms with van der Waals surface area (Å²) in [7, 11) is 0. The molecule has 1 saturated carbocycles. The van der Waals surface area contributed by atoms with Gasteiger partial charge in [-0.25, -0.2) is 0 Å². The van der Waals surface area contributed by atoms with E-state index >= 15 is 0 Å². The van der Waals surface area contributed by atoms with Crippen LogP contribution in [0, 0.1) is 0 Å². The SMILES string of the molecule is NC(=O)C1(Oc2ccc(Cl)cc2Cl)CCCC1. The van der Waals surface area contributed by atoms with Gasteiger partial charge in [0.1, 0.15) is 5.75 Å². The summed E-state index contributed by atoms with van der Waals surface area (Å²) < 4.78 is 5.75. The summed E-state index contributed by atoms with van der Waals surface area (Å²) in [5, 5.41) is 0.923. The van der Waals surface area contributed by atoms with Gasteiger partial charge in [0.05, 0.1) is 5.02 Å². The molecule has 0 bridgehead atoms. The van der Waals surface area contributed by atoms with Crippen LogP contribution in [0.3, 0.4) is 0 Å². The van der Waals surface area contributed by atoms with E-state index in [-0.39, 0.29) is 0 Å². The van der Waals surface area contributed by atoms with Crippen molar-refractivity contribution in [3.05, 3.63) is 28.2 Å². The number of hydrogen-bond acceptors (Lipinski definition) is 2. The number of halogens is 2. The quantitative estimate of drug-likeness (QED) is 0.920. The Bertz CT molecular complexity index is 442. The van der Waals surface area contributed by atoms with Crippen molar-refractivity contribution in [2.75, 3.05) is 0 Å². The summed E-state index contributed by atoms with van der Waals surface area (Å²) in [6, 6.07) is 4.92. The van der Waals surface area contributed by atoms with Gasteiger partial charge in [-0.1, -0.05) is 23.2 Å². The molecular formula is C12H13Cl2NO2. The van der Waals surface area contributed by atoms with Gasteiger partial charge in [-0.15, -0.1) is 0 Å². The molecule has 0 unspecified atom stereocenters. The van der Waals surface area contributed by atoms with Gasteiger partial charge in [-0.05, 0) is 43.9 Å². The molecule has 0 radical (unpaired) electrons. The molecule has 1 aromatic carbocycles. The second-order valence-electron chi connectivity index (χ2n) is 4.24. The minimum atomic E-state index is -0.905. The Labute approximate surface area is 110 Å². The lowest BCUT2D eigenvalue weighted by Gasteiger charge is -2.27. The van der Waals surface area contributed by atoms with Crippen LogP contribution < -0.4 is 10.5 Å². The molecule has 0 heterocycles. The highest BCUT2D eigenvalue weighted by Gasteiger charge is 2.42. The number of amides is 1. The first-order valence-electron chi connectivity index (χ1n) is 5.47. The van der Waals surface area contributed by atoms with Gasteiger partial charge in [0.2, 0.25) is 0 Å². The average Bonchev–Trinajstić information content (AvgIpc) is 2.72. The third-order valence-electron chi connectivity index (χ3n) is 3.06. The molecule has 2 rings (SSSR count). The van der Waals surface area contributed by atoms with Gasteiger partial charge in [0, 0.05) is 5.02 Å². The molecule has 17 heavy (non-hydrogen) atoms. The number of hydrogen-bond donors (Lipinski definition) is 1. The van der Waals surface area contributed by atoms with Gasteiger partial charge in [0.15, 0.2) is 5.60 Å². The highest BCUT2D eigenvalue weighted by atomic mass is 35.5. The smallest absolute Gasteiger partial charge is 0.261 e. The lowest BCUT2D eigenvalue weighted by molar-refractivity contribution is -0.132. The van der Waals surface area contributed by atoms with Crippen LogP contribution in [0.15, 0.2) is 18.2 Å². The molecule has 0 aromatic heterocycles. The normalized spacial score (nSPS) is 18.0. The summed E-state index contributed by atoms with van der Waals surface area (Å²) in [5.41, 5.74) is 4.52. The zero-order valence-electron chi connectivity index (χ0n) is 9.21. The summed E-state index contributed by atoms with van der Waals surface area (Å²) >= 11 is 11.8. The molecule has 1 amide bonds. The predicted molar refractivity (Wildman–Crippen MR) is 67.5 cm³/mol. The van der Waals surface area contributed by atoms with E-state index < -0.39 is 11.5 Å². The number of ether oxygens (including phenoxy) is 1. The summed E-state index contributed by atoms with van der Waals surface area (Å²) in [5.74, 6) is 0.0257. The first-order valence-corrected chi connectivity index (χ1v) is 6.23. The van der Waals surface area contributed by atoms with E-state index in [0.29, 0.717) is 28.6 Å². The first kappa shape index (κ1) is 12.5. The first-order chi connectivity index (χ1) is 8.03. The van der Waals surface area contributed by atoms with Gasteiger partial charge in [0.25, 0.3) is 5.91 Å². The molecule has 0 spiro atoms. The van der Waals surface area contributed by atoms with Crippen LogP contribution in [-0.4, -0.2) is 11.5 Å². The third kappa shape index (κ3) is 2.50. The average molecular weight is 274 g/mol. The molecule has 0 saturated heterocycles. The Morgan fingerprint density at radius 3 is 2.47 bits per heavy atom. The molecule has 1 aromatic rings. The second kappa shape index (κ2) is 4.75. The number of rotatable bonds is 3. The molecule has 2 N–H and O–H groups in total. The molecule has 0 atom stereocenters. The van der Waals surface area contributed by atoms with Gasteiger partial charge >= 0.3 is 0 Å². The van der Waals surface area contributed by atoms with E-state index in [1.54, 1.807) is 18.2 Å². The van der Waals surface area contributed by atoms with Crippen molar-refractivity contribution in [2.24, 2.45) is 5.73 Å². The Balaban J connectivity index is 2.26. The van der Waals surface area contributed by atoms with Crippen molar-refractivity contribution >= 4 is 29.1 Å². The lowest BCUT2D eigenvalue weighted by atomic mass is 10.0. The zero-order chi connectivity index (χ0) is 12.5. The predicted octanol–water partition coefficient (Wildman–Crippen LogP) is 3.17. The van der Waals surface area contributed by atoms with Crippen LogP contribution in [0.5, 0.6) is 5.75 Å². The fraction of sp³-hybridized carbons (Fsp3) is 0.417. The minimum Gasteiger partial charge on any atom is -0.476 e. The zero-order valence-corrected chi connectivity index (χ0v) is 10.7. The highest BCUT2D eigenvalue weighted by Crippen LogP contribution is 2.37. The Kier molecular flexibility index (Phi) is 3.50. The number of nitrogens with two attached hydrogens (primary N) is 1. The van der Waals surface area contributed by atoms with Crippen LogP contribution in [0.2, 0.25) is 10.0 Å². The Morgan fingerprint density at radius 1 is 1.29 bits per heavy atom. The number of carbonyl (C=O) groups excluding carboxylic acids is 1. The van der Waals surface area contributed by atoms with Crippen molar-refractivity contribution in [2.45, 2.75) is 31.3 Å². The maximum absolute atomic E-state index is 11.5. The van der Waals surface area contributed by atoms with Crippen LogP contribution in [0.1, 0.15) is 25.7 Å². The minimum absolute atomic E-state index is 0.394. The van der Waals surface area contributed by atoms with Gasteiger partial charge in [-0.3, -0.25) is 4.79 Å². The summed E-state index contributed by atoms with van der Waals surface area (Å²) in [4.78, 5) is 11.5. The van der Waals surface area contributed by atoms with Crippen molar-refractivity contribution in [1.29, 1.82) is 0 Å². The number of benzene rings is 1. The Morgan fingerprint density at radius 2 is 1.94 bits per heavy atom. The maximum Gasteiger partial charge on any atom is 0.261 e. The van der Waals surface area contributed by atoms with Crippen LogP contribution in [-0.2, 0) is 4.79 Å². The van der Waals surface area contributed by atoms with E-state index in [4.69, 9.17) is 33.7 Å². The fourth-order valence-corrected chi connectivity index (χ4v) is 2.56. The molecular weight excluding hydrogens is 261 g/mol. The van der Waals surface area contributed by atoms with Gasteiger partial charge in [-0.2, -0.15) is 0 Å². The molecule has 3 nitrogen and oxygen atoms in total. The van der Waals surface area contributed by atoms with Crippen molar-refractivity contribution in [1.82, 2.24) is 0 Å². The van der Waals surface area contributed by atoms with E-state index in [1.807, 2.05) is 0 Å². The van der Waals surface area contributed by atoms with E-state index in [2.05, 4.69) is 0 Å². The van der Waals surface area contributed by atoms with Crippen molar-refractivity contribution in [3.63, 3.8) is 0 Å². The molecule has 1 fully saturated rings. The van der Waals surface area contributed by atoms with Crippen LogP contribution in [0.25, 0.3) is 0 Å². The van der Waals surface area contributed by atoms with Crippen LogP contribution >= 0.6 is 23.2 Å². The van der Waals surface area contributed by atoms with E-state index in [0.717, 1.165) is 12.8 Å². The summed E-state index contributed by atoms with van der Waals surface area (Å²) in [6.07, 6.45) is 3.16. The Hall–Kier alpha value is -0.930. The van der Waals surface area contributed by atoms with Crippen LogP contribution in [0.4, 0.5) is 0 Å². The second-order valence-corrected chi connectivity index (χ2v) is 5.09. The lowest BCUT2D eigenvalue weighted by Crippen LogP contribution is -2.46. The largest absolute Gasteiger partial charge is 0.476 e. The molecule has 1 aliphatic carbocycles.